The number of benzene rings is 1. The molecule has 0 aliphatic heterocycles. The highest BCUT2D eigenvalue weighted by Gasteiger charge is 2.57. The third kappa shape index (κ3) is 3.50. The van der Waals surface area contributed by atoms with Gasteiger partial charge in [-0.05, 0) is 11.6 Å². The number of nitrogens with one attached hydrogen (secondary N) is 1. The van der Waals surface area contributed by atoms with Crippen LogP contribution in [0, 0.1) is 0 Å². The van der Waals surface area contributed by atoms with Crippen molar-refractivity contribution in [2.24, 2.45) is 0 Å². The van der Waals surface area contributed by atoms with Crippen molar-refractivity contribution < 1.29 is 23.5 Å². The Morgan fingerprint density at radius 3 is 2.36 bits per heavy atom. The van der Waals surface area contributed by atoms with E-state index in [2.05, 4.69) is 10.3 Å². The first kappa shape index (κ1) is 17.0. The van der Waals surface area contributed by atoms with Gasteiger partial charge in [0.2, 0.25) is 5.92 Å². The van der Waals surface area contributed by atoms with Gasteiger partial charge in [-0.2, -0.15) is 0 Å². The Bertz CT molecular complexity index is 801. The van der Waals surface area contributed by atoms with Gasteiger partial charge in [0.15, 0.2) is 0 Å². The zero-order valence-corrected chi connectivity index (χ0v) is 13.2. The van der Waals surface area contributed by atoms with Gasteiger partial charge in [0.1, 0.15) is 0 Å². The van der Waals surface area contributed by atoms with E-state index in [0.29, 0.717) is 0 Å². The van der Waals surface area contributed by atoms with Crippen LogP contribution in [0.5, 0.6) is 0 Å². The number of aromatic nitrogens is 1. The number of halogens is 2. The number of alkyl halides is 2. The summed E-state index contributed by atoms with van der Waals surface area (Å²) in [5, 5.41) is 11.6. The number of carboxylic acid groups (broad SMARTS) is 1. The van der Waals surface area contributed by atoms with E-state index in [1.54, 1.807) is 30.3 Å². The summed E-state index contributed by atoms with van der Waals surface area (Å²) < 4.78 is 27.0. The zero-order chi connectivity index (χ0) is 18.1. The summed E-state index contributed by atoms with van der Waals surface area (Å²) in [4.78, 5) is 26.9. The van der Waals surface area contributed by atoms with Crippen molar-refractivity contribution >= 4 is 11.9 Å². The molecule has 0 atom stereocenters. The molecule has 0 spiro atoms. The Morgan fingerprint density at radius 2 is 1.76 bits per heavy atom. The minimum Gasteiger partial charge on any atom is -0.478 e. The summed E-state index contributed by atoms with van der Waals surface area (Å²) in [5.41, 5.74) is -0.105. The first-order valence-corrected chi connectivity index (χ1v) is 7.71. The van der Waals surface area contributed by atoms with Crippen LogP contribution in [-0.4, -0.2) is 34.4 Å². The average molecular weight is 346 g/mol. The maximum atomic E-state index is 13.5. The molecule has 0 radical (unpaired) electrons. The van der Waals surface area contributed by atoms with Crippen molar-refractivity contribution in [1.82, 2.24) is 10.3 Å². The molecule has 1 saturated carbocycles. The van der Waals surface area contributed by atoms with Crippen LogP contribution in [0.1, 0.15) is 39.1 Å². The Kier molecular flexibility index (Phi) is 4.24. The lowest BCUT2D eigenvalue weighted by Crippen LogP contribution is -2.55. The van der Waals surface area contributed by atoms with Crippen molar-refractivity contribution in [3.63, 3.8) is 0 Å². The first-order valence-electron chi connectivity index (χ1n) is 7.71. The number of pyridine rings is 1. The fourth-order valence-electron chi connectivity index (χ4n) is 3.19. The first-order chi connectivity index (χ1) is 11.8. The lowest BCUT2D eigenvalue weighted by atomic mass is 9.62. The molecule has 0 saturated heterocycles. The van der Waals surface area contributed by atoms with Crippen LogP contribution in [0.4, 0.5) is 8.78 Å². The standard InChI is InChI=1S/C18H16F2N2O3/c19-18(20)9-17(10-18,14-4-2-1-3-5-14)11-22-15(23)12-6-13(16(24)25)8-21-7-12/h1-8H,9-11H2,(H,22,23)(H,24,25). The smallest absolute Gasteiger partial charge is 0.337 e. The number of carbonyl (C=O) groups excluding carboxylic acids is 1. The largest absolute Gasteiger partial charge is 0.478 e. The van der Waals surface area contributed by atoms with Crippen LogP contribution in [0.15, 0.2) is 48.8 Å². The van der Waals surface area contributed by atoms with Crippen LogP contribution in [0.25, 0.3) is 0 Å². The van der Waals surface area contributed by atoms with Crippen LogP contribution >= 0.6 is 0 Å². The van der Waals surface area contributed by atoms with Crippen molar-refractivity contribution in [2.75, 3.05) is 6.54 Å². The van der Waals surface area contributed by atoms with Crippen LogP contribution in [0.3, 0.4) is 0 Å². The highest BCUT2D eigenvalue weighted by molar-refractivity contribution is 5.97. The van der Waals surface area contributed by atoms with Gasteiger partial charge in [-0.1, -0.05) is 30.3 Å². The van der Waals surface area contributed by atoms with Gasteiger partial charge in [0.05, 0.1) is 11.1 Å². The number of hydrogen-bond acceptors (Lipinski definition) is 3. The molecule has 0 bridgehead atoms. The van der Waals surface area contributed by atoms with Gasteiger partial charge in [-0.15, -0.1) is 0 Å². The molecule has 25 heavy (non-hydrogen) atoms. The van der Waals surface area contributed by atoms with Gasteiger partial charge < -0.3 is 10.4 Å². The van der Waals surface area contributed by atoms with E-state index < -0.39 is 23.2 Å². The van der Waals surface area contributed by atoms with Crippen molar-refractivity contribution in [1.29, 1.82) is 0 Å². The maximum Gasteiger partial charge on any atom is 0.337 e. The number of carbonyl (C=O) groups is 2. The van der Waals surface area contributed by atoms with Gasteiger partial charge in [-0.25, -0.2) is 13.6 Å². The van der Waals surface area contributed by atoms with Crippen LogP contribution < -0.4 is 5.32 Å². The Hall–Kier alpha value is -2.83. The fraction of sp³-hybridized carbons (Fsp3) is 0.278. The second-order valence-electron chi connectivity index (χ2n) is 6.31. The second-order valence-corrected chi connectivity index (χ2v) is 6.31. The van der Waals surface area contributed by atoms with Gasteiger partial charge in [0.25, 0.3) is 5.91 Å². The van der Waals surface area contributed by atoms with E-state index in [0.717, 1.165) is 11.8 Å². The normalized spacial score (nSPS) is 17.4. The van der Waals surface area contributed by atoms with Crippen molar-refractivity contribution in [3.05, 3.63) is 65.5 Å². The quantitative estimate of drug-likeness (QED) is 0.872. The molecular weight excluding hydrogens is 330 g/mol. The summed E-state index contributed by atoms with van der Waals surface area (Å²) >= 11 is 0. The topological polar surface area (TPSA) is 79.3 Å². The summed E-state index contributed by atoms with van der Waals surface area (Å²) in [6.45, 7) is 0.0444. The highest BCUT2D eigenvalue weighted by atomic mass is 19.3. The number of hydrogen-bond donors (Lipinski definition) is 2. The molecule has 5 nitrogen and oxygen atoms in total. The number of amides is 1. The van der Waals surface area contributed by atoms with Gasteiger partial charge >= 0.3 is 5.97 Å². The predicted molar refractivity (Wildman–Crippen MR) is 85.8 cm³/mol. The molecule has 2 N–H and O–H groups in total. The summed E-state index contributed by atoms with van der Waals surface area (Å²) in [5.74, 6) is -4.48. The van der Waals surface area contributed by atoms with E-state index in [1.807, 2.05) is 0 Å². The molecular formula is C18H16F2N2O3. The molecule has 2 aromatic rings. The van der Waals surface area contributed by atoms with Crippen molar-refractivity contribution in [2.45, 2.75) is 24.2 Å². The molecule has 1 heterocycles. The second kappa shape index (κ2) is 6.23. The molecule has 1 aliphatic carbocycles. The lowest BCUT2D eigenvalue weighted by molar-refractivity contribution is -0.125. The van der Waals surface area contributed by atoms with Gasteiger partial charge in [-0.3, -0.25) is 9.78 Å². The molecule has 1 aromatic heterocycles. The van der Waals surface area contributed by atoms with E-state index in [1.165, 1.54) is 12.3 Å². The Labute approximate surface area is 142 Å². The Morgan fingerprint density at radius 1 is 1.12 bits per heavy atom. The van der Waals surface area contributed by atoms with E-state index in [4.69, 9.17) is 5.11 Å². The van der Waals surface area contributed by atoms with E-state index in [-0.39, 0.29) is 30.5 Å². The molecule has 1 aliphatic rings. The average Bonchev–Trinajstić information content (AvgIpc) is 2.58. The minimum atomic E-state index is -2.74. The Balaban J connectivity index is 1.75. The molecule has 1 fully saturated rings. The number of carboxylic acids is 1. The highest BCUT2D eigenvalue weighted by Crippen LogP contribution is 2.53. The molecule has 1 aromatic carbocycles. The van der Waals surface area contributed by atoms with Crippen molar-refractivity contribution in [3.8, 4) is 0 Å². The van der Waals surface area contributed by atoms with Crippen LogP contribution in [0.2, 0.25) is 0 Å². The summed E-state index contributed by atoms with van der Waals surface area (Å²) in [6, 6.07) is 10.1. The number of aromatic carboxylic acids is 1. The molecule has 0 unspecified atom stereocenters. The molecule has 7 heteroatoms. The summed E-state index contributed by atoms with van der Waals surface area (Å²) in [7, 11) is 0. The molecule has 130 valence electrons. The monoisotopic (exact) mass is 346 g/mol. The summed E-state index contributed by atoms with van der Waals surface area (Å²) in [6.07, 6.45) is 1.71. The number of rotatable bonds is 5. The van der Waals surface area contributed by atoms with Crippen LogP contribution in [-0.2, 0) is 5.41 Å². The molecule has 3 rings (SSSR count). The molecule has 1 amide bonds. The maximum absolute atomic E-state index is 13.5. The lowest BCUT2D eigenvalue weighted by Gasteiger charge is -2.48. The fourth-order valence-corrected chi connectivity index (χ4v) is 3.19. The SMILES string of the molecule is O=C(O)c1cncc(C(=O)NCC2(c3ccccc3)CC(F)(F)C2)c1. The predicted octanol–water partition coefficient (Wildman–Crippen LogP) is 2.88. The third-order valence-corrected chi connectivity index (χ3v) is 4.41. The van der Waals surface area contributed by atoms with E-state index >= 15 is 0 Å². The van der Waals surface area contributed by atoms with E-state index in [9.17, 15) is 18.4 Å². The third-order valence-electron chi connectivity index (χ3n) is 4.41. The zero-order valence-electron chi connectivity index (χ0n) is 13.2. The number of nitrogens with zero attached hydrogens (tertiary/aromatic N) is 1. The minimum absolute atomic E-state index is 0.0444. The van der Waals surface area contributed by atoms with Gasteiger partial charge in [0, 0.05) is 37.2 Å².